The molecule has 0 aliphatic rings. The number of imidazole rings is 1. The highest BCUT2D eigenvalue weighted by atomic mass is 16.5. The zero-order chi connectivity index (χ0) is 16.5. The lowest BCUT2D eigenvalue weighted by Gasteiger charge is -2.08. The summed E-state index contributed by atoms with van der Waals surface area (Å²) in [5.41, 5.74) is 1.97. The number of benzene rings is 2. The van der Waals surface area contributed by atoms with Crippen LogP contribution in [0.25, 0.3) is 16.8 Å². The van der Waals surface area contributed by atoms with Crippen molar-refractivity contribution in [1.29, 1.82) is 0 Å². The Morgan fingerprint density at radius 2 is 1.71 bits per heavy atom. The molecular formula is C18H16N4O2. The molecule has 0 amide bonds. The molecule has 0 fully saturated rings. The van der Waals surface area contributed by atoms with Gasteiger partial charge in [-0.25, -0.2) is 0 Å². The average Bonchev–Trinajstić information content (AvgIpc) is 2.90. The summed E-state index contributed by atoms with van der Waals surface area (Å²) in [5, 5.41) is 4.37. The maximum absolute atomic E-state index is 11.9. The van der Waals surface area contributed by atoms with Gasteiger partial charge in [0, 0.05) is 0 Å². The summed E-state index contributed by atoms with van der Waals surface area (Å²) < 4.78 is 9.46. The number of nitrogens with zero attached hydrogens (tertiary/aromatic N) is 4. The zero-order valence-electron chi connectivity index (χ0n) is 13.2. The Labute approximate surface area is 137 Å². The quantitative estimate of drug-likeness (QED) is 0.579. The van der Waals surface area contributed by atoms with Crippen molar-refractivity contribution in [2.75, 3.05) is 6.61 Å². The van der Waals surface area contributed by atoms with Crippen LogP contribution in [0, 0.1) is 6.92 Å². The Balaban J connectivity index is 1.75. The molecule has 0 spiro atoms. The van der Waals surface area contributed by atoms with Crippen molar-refractivity contribution in [3.8, 4) is 5.75 Å². The van der Waals surface area contributed by atoms with E-state index >= 15 is 0 Å². The lowest BCUT2D eigenvalue weighted by molar-refractivity contribution is 0.301. The van der Waals surface area contributed by atoms with Crippen LogP contribution >= 0.6 is 0 Å². The SMILES string of the molecule is Cc1nn2c3ccccc3n(CCOc3ccccc3)c2nc1=O. The maximum Gasteiger partial charge on any atom is 0.296 e. The minimum absolute atomic E-state index is 0.303. The van der Waals surface area contributed by atoms with E-state index in [1.807, 2.05) is 59.2 Å². The van der Waals surface area contributed by atoms with E-state index < -0.39 is 0 Å². The first-order valence-electron chi connectivity index (χ1n) is 7.77. The van der Waals surface area contributed by atoms with Gasteiger partial charge >= 0.3 is 0 Å². The number of fused-ring (bicyclic) bond motifs is 3. The van der Waals surface area contributed by atoms with Gasteiger partial charge in [0.05, 0.1) is 17.6 Å². The van der Waals surface area contributed by atoms with E-state index in [1.54, 1.807) is 11.4 Å². The molecule has 120 valence electrons. The summed E-state index contributed by atoms with van der Waals surface area (Å²) in [6, 6.07) is 17.5. The topological polar surface area (TPSA) is 61.4 Å². The summed E-state index contributed by atoms with van der Waals surface area (Å²) in [7, 11) is 0. The Bertz CT molecular complexity index is 1070. The Morgan fingerprint density at radius 1 is 1.00 bits per heavy atom. The minimum atomic E-state index is -0.303. The van der Waals surface area contributed by atoms with Crippen LogP contribution in [-0.4, -0.2) is 25.8 Å². The number of aryl methyl sites for hydroxylation is 1. The Kier molecular flexibility index (Phi) is 3.49. The second-order valence-electron chi connectivity index (χ2n) is 5.52. The molecule has 2 aromatic heterocycles. The lowest BCUT2D eigenvalue weighted by atomic mass is 10.3. The molecule has 0 saturated carbocycles. The van der Waals surface area contributed by atoms with Gasteiger partial charge in [-0.15, -0.1) is 0 Å². The summed E-state index contributed by atoms with van der Waals surface area (Å²) >= 11 is 0. The molecule has 0 aliphatic carbocycles. The predicted octanol–water partition coefficient (Wildman–Crippen LogP) is 2.43. The fraction of sp³-hybridized carbons (Fsp3) is 0.167. The third-order valence-electron chi connectivity index (χ3n) is 3.92. The monoisotopic (exact) mass is 320 g/mol. The zero-order valence-corrected chi connectivity index (χ0v) is 13.2. The number of hydrogen-bond donors (Lipinski definition) is 0. The van der Waals surface area contributed by atoms with Crippen LogP contribution in [-0.2, 0) is 6.54 Å². The Morgan fingerprint density at radius 3 is 2.50 bits per heavy atom. The second-order valence-corrected chi connectivity index (χ2v) is 5.52. The number of ether oxygens (including phenoxy) is 1. The van der Waals surface area contributed by atoms with Crippen molar-refractivity contribution in [2.45, 2.75) is 13.5 Å². The van der Waals surface area contributed by atoms with E-state index in [2.05, 4.69) is 10.1 Å². The molecule has 6 nitrogen and oxygen atoms in total. The molecular weight excluding hydrogens is 304 g/mol. The van der Waals surface area contributed by atoms with Crippen LogP contribution in [0.4, 0.5) is 0 Å². The van der Waals surface area contributed by atoms with Crippen molar-refractivity contribution >= 4 is 16.8 Å². The molecule has 6 heteroatoms. The van der Waals surface area contributed by atoms with Gasteiger partial charge in [0.25, 0.3) is 5.56 Å². The van der Waals surface area contributed by atoms with Crippen molar-refractivity contribution < 1.29 is 4.74 Å². The fourth-order valence-corrected chi connectivity index (χ4v) is 2.76. The van der Waals surface area contributed by atoms with Gasteiger partial charge < -0.3 is 9.30 Å². The molecule has 2 aromatic carbocycles. The van der Waals surface area contributed by atoms with Gasteiger partial charge in [0.15, 0.2) is 0 Å². The van der Waals surface area contributed by atoms with Gasteiger partial charge in [0.2, 0.25) is 5.78 Å². The molecule has 2 heterocycles. The maximum atomic E-state index is 11.9. The van der Waals surface area contributed by atoms with E-state index in [9.17, 15) is 4.79 Å². The summed E-state index contributed by atoms with van der Waals surface area (Å²) in [5.74, 6) is 1.35. The first-order chi connectivity index (χ1) is 11.7. The predicted molar refractivity (Wildman–Crippen MR) is 91.4 cm³/mol. The molecule has 0 unspecified atom stereocenters. The highest BCUT2D eigenvalue weighted by Crippen LogP contribution is 2.18. The molecule has 24 heavy (non-hydrogen) atoms. The number of para-hydroxylation sites is 3. The van der Waals surface area contributed by atoms with Crippen LogP contribution in [0.3, 0.4) is 0 Å². The number of rotatable bonds is 4. The van der Waals surface area contributed by atoms with E-state index in [4.69, 9.17) is 4.74 Å². The fourth-order valence-electron chi connectivity index (χ4n) is 2.76. The van der Waals surface area contributed by atoms with E-state index in [1.165, 1.54) is 0 Å². The normalized spacial score (nSPS) is 11.2. The average molecular weight is 320 g/mol. The largest absolute Gasteiger partial charge is 0.492 e. The van der Waals surface area contributed by atoms with Gasteiger partial charge in [-0.1, -0.05) is 30.3 Å². The van der Waals surface area contributed by atoms with Crippen LogP contribution in [0.5, 0.6) is 5.75 Å². The second kappa shape index (κ2) is 5.81. The molecule has 0 saturated heterocycles. The van der Waals surface area contributed by atoms with Crippen molar-refractivity contribution in [3.63, 3.8) is 0 Å². The van der Waals surface area contributed by atoms with Gasteiger partial charge in [-0.3, -0.25) is 4.79 Å². The molecule has 0 radical (unpaired) electrons. The standard InChI is InChI=1S/C18H16N4O2/c1-13-17(23)19-18-21(11-12-24-14-7-3-2-4-8-14)15-9-5-6-10-16(15)22(18)20-13/h2-10H,11-12H2,1H3. The van der Waals surface area contributed by atoms with Crippen LogP contribution in [0.1, 0.15) is 5.69 Å². The van der Waals surface area contributed by atoms with Crippen molar-refractivity contribution in [2.24, 2.45) is 0 Å². The third kappa shape index (κ3) is 2.42. The minimum Gasteiger partial charge on any atom is -0.492 e. The molecule has 4 rings (SSSR count). The molecule has 4 aromatic rings. The third-order valence-corrected chi connectivity index (χ3v) is 3.92. The summed E-state index contributed by atoms with van der Waals surface area (Å²) in [6.45, 7) is 2.72. The summed E-state index contributed by atoms with van der Waals surface area (Å²) in [6.07, 6.45) is 0. The van der Waals surface area contributed by atoms with E-state index in [0.717, 1.165) is 16.8 Å². The molecule has 0 N–H and O–H groups in total. The summed E-state index contributed by atoms with van der Waals surface area (Å²) in [4.78, 5) is 16.1. The highest BCUT2D eigenvalue weighted by molar-refractivity contribution is 5.80. The Hall–Kier alpha value is -3.15. The van der Waals surface area contributed by atoms with Gasteiger partial charge in [0.1, 0.15) is 18.1 Å². The molecule has 0 atom stereocenters. The van der Waals surface area contributed by atoms with Crippen LogP contribution in [0.2, 0.25) is 0 Å². The van der Waals surface area contributed by atoms with Crippen LogP contribution in [0.15, 0.2) is 59.4 Å². The number of aromatic nitrogens is 4. The molecule has 0 aliphatic heterocycles. The number of hydrogen-bond acceptors (Lipinski definition) is 4. The van der Waals surface area contributed by atoms with E-state index in [0.29, 0.717) is 24.6 Å². The van der Waals surface area contributed by atoms with Crippen molar-refractivity contribution in [1.82, 2.24) is 19.2 Å². The first kappa shape index (κ1) is 14.4. The lowest BCUT2D eigenvalue weighted by Crippen LogP contribution is -2.18. The smallest absolute Gasteiger partial charge is 0.296 e. The van der Waals surface area contributed by atoms with Crippen molar-refractivity contribution in [3.05, 3.63) is 70.6 Å². The first-order valence-corrected chi connectivity index (χ1v) is 7.77. The highest BCUT2D eigenvalue weighted by Gasteiger charge is 2.13. The van der Waals surface area contributed by atoms with Gasteiger partial charge in [-0.05, 0) is 31.2 Å². The van der Waals surface area contributed by atoms with E-state index in [-0.39, 0.29) is 5.56 Å². The van der Waals surface area contributed by atoms with Gasteiger partial charge in [-0.2, -0.15) is 14.6 Å². The molecule has 0 bridgehead atoms. The van der Waals surface area contributed by atoms with Crippen LogP contribution < -0.4 is 10.3 Å².